The number of fused-ring (bicyclic) bond motifs is 3. The van der Waals surface area contributed by atoms with Crippen LogP contribution in [0.5, 0.6) is 0 Å². The van der Waals surface area contributed by atoms with Gasteiger partial charge < -0.3 is 14.3 Å². The van der Waals surface area contributed by atoms with Gasteiger partial charge in [0.05, 0.1) is 18.0 Å². The highest BCUT2D eigenvalue weighted by Gasteiger charge is 2.24. The minimum atomic E-state index is 0.316. The zero-order valence-corrected chi connectivity index (χ0v) is 12.7. The van der Waals surface area contributed by atoms with E-state index in [0.717, 1.165) is 48.7 Å². The van der Waals surface area contributed by atoms with Gasteiger partial charge in [-0.2, -0.15) is 0 Å². The Balaban J connectivity index is 1.65. The predicted molar refractivity (Wildman–Crippen MR) is 85.7 cm³/mol. The molecular weight excluding hydrogens is 276 g/mol. The number of pyridine rings is 1. The molecule has 0 radical (unpaired) electrons. The second kappa shape index (κ2) is 5.23. The number of carbonyl (C=O) groups excluding carboxylic acids is 1. The standard InChI is InChI=1S/C17H20N4O/c1-11(22)8-12-2-4-13(5-3-12)21-10-20-15-9-19-17-14(16(15)21)6-7-18-17/h6-7,9-10,12-13H,2-5,8H2,1H3,(H,18,19). The number of hydrogen-bond acceptors (Lipinski definition) is 3. The smallest absolute Gasteiger partial charge is 0.139 e. The molecule has 22 heavy (non-hydrogen) atoms. The van der Waals surface area contributed by atoms with Crippen molar-refractivity contribution >= 4 is 27.9 Å². The summed E-state index contributed by atoms with van der Waals surface area (Å²) < 4.78 is 2.32. The number of aromatic nitrogens is 4. The van der Waals surface area contributed by atoms with Crippen molar-refractivity contribution in [2.75, 3.05) is 0 Å². The number of rotatable bonds is 3. The number of ketones is 1. The fourth-order valence-corrected chi connectivity index (χ4v) is 3.84. The van der Waals surface area contributed by atoms with Gasteiger partial charge in [0, 0.05) is 24.0 Å². The van der Waals surface area contributed by atoms with E-state index in [0.29, 0.717) is 17.7 Å². The zero-order chi connectivity index (χ0) is 15.1. The predicted octanol–water partition coefficient (Wildman–Crippen LogP) is 3.62. The van der Waals surface area contributed by atoms with E-state index in [9.17, 15) is 4.79 Å². The normalized spacial score (nSPS) is 22.4. The van der Waals surface area contributed by atoms with E-state index < -0.39 is 0 Å². The Kier molecular flexibility index (Phi) is 3.21. The number of nitrogens with zero attached hydrogens (tertiary/aromatic N) is 3. The molecule has 4 rings (SSSR count). The van der Waals surface area contributed by atoms with Gasteiger partial charge in [-0.15, -0.1) is 0 Å². The monoisotopic (exact) mass is 296 g/mol. The van der Waals surface area contributed by atoms with Crippen LogP contribution in [0, 0.1) is 5.92 Å². The Morgan fingerprint density at radius 1 is 1.32 bits per heavy atom. The van der Waals surface area contributed by atoms with Crippen molar-refractivity contribution in [3.05, 3.63) is 24.8 Å². The van der Waals surface area contributed by atoms with Crippen LogP contribution in [-0.2, 0) is 4.79 Å². The van der Waals surface area contributed by atoms with E-state index in [1.165, 1.54) is 5.52 Å². The lowest BCUT2D eigenvalue weighted by Gasteiger charge is -2.29. The molecule has 0 atom stereocenters. The molecule has 3 aromatic rings. The van der Waals surface area contributed by atoms with Crippen molar-refractivity contribution in [2.45, 2.75) is 45.1 Å². The number of imidazole rings is 1. The number of aromatic amines is 1. The summed E-state index contributed by atoms with van der Waals surface area (Å²) >= 11 is 0. The maximum Gasteiger partial charge on any atom is 0.139 e. The third kappa shape index (κ3) is 2.21. The average Bonchev–Trinajstić information content (AvgIpc) is 3.13. The van der Waals surface area contributed by atoms with E-state index in [2.05, 4.69) is 25.6 Å². The first-order valence-electron chi connectivity index (χ1n) is 8.00. The number of H-pyrrole nitrogens is 1. The van der Waals surface area contributed by atoms with Crippen LogP contribution in [-0.4, -0.2) is 25.3 Å². The zero-order valence-electron chi connectivity index (χ0n) is 12.7. The van der Waals surface area contributed by atoms with E-state index in [1.807, 2.05) is 18.7 Å². The topological polar surface area (TPSA) is 63.6 Å². The van der Waals surface area contributed by atoms with Gasteiger partial charge in [0.15, 0.2) is 0 Å². The quantitative estimate of drug-likeness (QED) is 0.802. The lowest BCUT2D eigenvalue weighted by molar-refractivity contribution is -0.118. The molecule has 1 aliphatic rings. The van der Waals surface area contributed by atoms with Gasteiger partial charge in [0.25, 0.3) is 0 Å². The van der Waals surface area contributed by atoms with Crippen molar-refractivity contribution in [2.24, 2.45) is 5.92 Å². The summed E-state index contributed by atoms with van der Waals surface area (Å²) in [6, 6.07) is 2.55. The molecule has 1 aliphatic carbocycles. The maximum absolute atomic E-state index is 11.3. The van der Waals surface area contributed by atoms with Gasteiger partial charge >= 0.3 is 0 Å². The molecule has 0 bridgehead atoms. The van der Waals surface area contributed by atoms with Crippen LogP contribution in [0.25, 0.3) is 22.1 Å². The Bertz CT molecular complexity index is 824. The Morgan fingerprint density at radius 3 is 2.91 bits per heavy atom. The second-order valence-corrected chi connectivity index (χ2v) is 6.46. The molecule has 5 nitrogen and oxygen atoms in total. The van der Waals surface area contributed by atoms with Crippen LogP contribution >= 0.6 is 0 Å². The number of nitrogens with one attached hydrogen (secondary N) is 1. The molecule has 3 heterocycles. The van der Waals surface area contributed by atoms with Crippen molar-refractivity contribution in [3.63, 3.8) is 0 Å². The molecule has 0 unspecified atom stereocenters. The molecule has 0 aliphatic heterocycles. The molecular formula is C17H20N4O. The molecule has 114 valence electrons. The number of Topliss-reactive ketones (excluding diaryl/α,β-unsaturated/α-hetero) is 1. The molecule has 1 saturated carbocycles. The summed E-state index contributed by atoms with van der Waals surface area (Å²) in [6.45, 7) is 1.70. The molecule has 3 aromatic heterocycles. The largest absolute Gasteiger partial charge is 0.346 e. The van der Waals surface area contributed by atoms with E-state index in [1.54, 1.807) is 6.92 Å². The maximum atomic E-state index is 11.3. The minimum Gasteiger partial charge on any atom is -0.346 e. The van der Waals surface area contributed by atoms with Crippen LogP contribution in [0.15, 0.2) is 24.8 Å². The number of hydrogen-bond donors (Lipinski definition) is 1. The van der Waals surface area contributed by atoms with Gasteiger partial charge in [0.1, 0.15) is 16.9 Å². The Labute approximate surface area is 128 Å². The van der Waals surface area contributed by atoms with Gasteiger partial charge in [-0.1, -0.05) is 0 Å². The molecule has 0 amide bonds. The summed E-state index contributed by atoms with van der Waals surface area (Å²) in [5.41, 5.74) is 3.05. The van der Waals surface area contributed by atoms with Gasteiger partial charge in [-0.05, 0) is 44.6 Å². The lowest BCUT2D eigenvalue weighted by atomic mass is 9.83. The molecule has 0 saturated heterocycles. The van der Waals surface area contributed by atoms with Crippen molar-refractivity contribution in [1.82, 2.24) is 19.5 Å². The highest BCUT2D eigenvalue weighted by atomic mass is 16.1. The molecule has 0 aromatic carbocycles. The third-order valence-electron chi connectivity index (χ3n) is 4.90. The van der Waals surface area contributed by atoms with Gasteiger partial charge in [0.2, 0.25) is 0 Å². The molecule has 1 fully saturated rings. The average molecular weight is 296 g/mol. The van der Waals surface area contributed by atoms with Gasteiger partial charge in [-0.25, -0.2) is 9.97 Å². The summed E-state index contributed by atoms with van der Waals surface area (Å²) in [4.78, 5) is 23.4. The number of carbonyl (C=O) groups is 1. The van der Waals surface area contributed by atoms with Crippen LogP contribution in [0.3, 0.4) is 0 Å². The second-order valence-electron chi connectivity index (χ2n) is 6.46. The highest BCUT2D eigenvalue weighted by Crippen LogP contribution is 2.36. The molecule has 0 spiro atoms. The van der Waals surface area contributed by atoms with Crippen LogP contribution in [0.4, 0.5) is 0 Å². The summed E-state index contributed by atoms with van der Waals surface area (Å²) in [5.74, 6) is 0.883. The first kappa shape index (κ1) is 13.5. The summed E-state index contributed by atoms with van der Waals surface area (Å²) in [5, 5.41) is 1.14. The first-order chi connectivity index (χ1) is 10.7. The van der Waals surface area contributed by atoms with E-state index in [-0.39, 0.29) is 0 Å². The lowest BCUT2D eigenvalue weighted by Crippen LogP contribution is -2.19. The van der Waals surface area contributed by atoms with E-state index in [4.69, 9.17) is 0 Å². The van der Waals surface area contributed by atoms with Crippen LogP contribution < -0.4 is 0 Å². The Morgan fingerprint density at radius 2 is 2.14 bits per heavy atom. The third-order valence-corrected chi connectivity index (χ3v) is 4.90. The first-order valence-corrected chi connectivity index (χ1v) is 8.00. The SMILES string of the molecule is CC(=O)CC1CCC(n2cnc3cnc4[nH]ccc4c32)CC1. The molecule has 1 N–H and O–H groups in total. The highest BCUT2D eigenvalue weighted by molar-refractivity contribution is 6.00. The fraction of sp³-hybridized carbons (Fsp3) is 0.471. The summed E-state index contributed by atoms with van der Waals surface area (Å²) in [7, 11) is 0. The van der Waals surface area contributed by atoms with Gasteiger partial charge in [-0.3, -0.25) is 0 Å². The van der Waals surface area contributed by atoms with Crippen molar-refractivity contribution in [3.8, 4) is 0 Å². The Hall–Kier alpha value is -2.17. The van der Waals surface area contributed by atoms with Crippen LogP contribution in [0.1, 0.15) is 45.1 Å². The van der Waals surface area contributed by atoms with Crippen molar-refractivity contribution < 1.29 is 4.79 Å². The fourth-order valence-electron chi connectivity index (χ4n) is 3.84. The van der Waals surface area contributed by atoms with Crippen molar-refractivity contribution in [1.29, 1.82) is 0 Å². The van der Waals surface area contributed by atoms with E-state index >= 15 is 0 Å². The minimum absolute atomic E-state index is 0.316. The summed E-state index contributed by atoms with van der Waals surface area (Å²) in [6.07, 6.45) is 11.0. The van der Waals surface area contributed by atoms with Crippen LogP contribution in [0.2, 0.25) is 0 Å². The molecule has 5 heteroatoms.